The first kappa shape index (κ1) is 21.3. The molecule has 2 N–H and O–H groups in total. The zero-order valence-electron chi connectivity index (χ0n) is 17.4. The number of benzene rings is 1. The van der Waals surface area contributed by atoms with Crippen molar-refractivity contribution in [3.05, 3.63) is 35.4 Å². The summed E-state index contributed by atoms with van der Waals surface area (Å²) < 4.78 is 0. The number of aliphatic imine (C=N–C) groups is 1. The third kappa shape index (κ3) is 6.89. The average molecular weight is 373 g/mol. The largest absolute Gasteiger partial charge is 0.357 e. The summed E-state index contributed by atoms with van der Waals surface area (Å²) >= 11 is 0. The summed E-state index contributed by atoms with van der Waals surface area (Å²) in [4.78, 5) is 18.3. The van der Waals surface area contributed by atoms with Crippen molar-refractivity contribution in [1.29, 1.82) is 0 Å². The van der Waals surface area contributed by atoms with E-state index in [0.29, 0.717) is 12.1 Å². The van der Waals surface area contributed by atoms with Gasteiger partial charge in [-0.3, -0.25) is 4.79 Å². The van der Waals surface area contributed by atoms with Gasteiger partial charge in [-0.2, -0.15) is 0 Å². The third-order valence-corrected chi connectivity index (χ3v) is 5.47. The zero-order chi connectivity index (χ0) is 19.6. The second kappa shape index (κ2) is 11.0. The number of hydrogen-bond acceptors (Lipinski definition) is 2. The number of amides is 1. The van der Waals surface area contributed by atoms with Gasteiger partial charge in [-0.15, -0.1) is 0 Å². The molecule has 1 aliphatic rings. The molecule has 0 spiro atoms. The smallest absolute Gasteiger partial charge is 0.253 e. The lowest BCUT2D eigenvalue weighted by molar-refractivity contribution is 0.0827. The van der Waals surface area contributed by atoms with Gasteiger partial charge in [-0.05, 0) is 49.3 Å². The Morgan fingerprint density at radius 1 is 1.04 bits per heavy atom. The van der Waals surface area contributed by atoms with Gasteiger partial charge < -0.3 is 15.5 Å². The van der Waals surface area contributed by atoms with Gasteiger partial charge in [0, 0.05) is 32.7 Å². The Bertz CT molecular complexity index is 601. The summed E-state index contributed by atoms with van der Waals surface area (Å²) in [5.41, 5.74) is 1.81. The van der Waals surface area contributed by atoms with E-state index in [4.69, 9.17) is 4.99 Å². The number of rotatable bonds is 7. The number of nitrogens with one attached hydrogen (secondary N) is 2. The molecule has 27 heavy (non-hydrogen) atoms. The lowest BCUT2D eigenvalue weighted by Crippen LogP contribution is -2.40. The minimum atomic E-state index is 0.0258. The van der Waals surface area contributed by atoms with Crippen molar-refractivity contribution in [3.63, 3.8) is 0 Å². The molecule has 0 saturated heterocycles. The van der Waals surface area contributed by atoms with Crippen LogP contribution in [0.5, 0.6) is 0 Å². The predicted octanol–water partition coefficient (Wildman–Crippen LogP) is 3.66. The minimum Gasteiger partial charge on any atom is -0.357 e. The maximum atomic E-state index is 12.0. The van der Waals surface area contributed by atoms with E-state index >= 15 is 0 Å². The van der Waals surface area contributed by atoms with Gasteiger partial charge in [0.2, 0.25) is 0 Å². The molecule has 1 amide bonds. The van der Waals surface area contributed by atoms with Crippen LogP contribution >= 0.6 is 0 Å². The summed E-state index contributed by atoms with van der Waals surface area (Å²) in [6.07, 6.45) is 6.71. The van der Waals surface area contributed by atoms with Crippen LogP contribution in [0.2, 0.25) is 0 Å². The number of carbonyl (C=O) groups is 1. The first-order valence-electron chi connectivity index (χ1n) is 10.4. The Balaban J connectivity index is 1.86. The van der Waals surface area contributed by atoms with Crippen LogP contribution in [0, 0.1) is 11.8 Å². The van der Waals surface area contributed by atoms with E-state index in [1.165, 1.54) is 32.1 Å². The van der Waals surface area contributed by atoms with Crippen molar-refractivity contribution in [2.24, 2.45) is 16.8 Å². The molecule has 5 nitrogen and oxygen atoms in total. The lowest BCUT2D eigenvalue weighted by Gasteiger charge is -2.28. The Morgan fingerprint density at radius 3 is 2.22 bits per heavy atom. The molecule has 0 heterocycles. The highest BCUT2D eigenvalue weighted by Gasteiger charge is 2.19. The lowest BCUT2D eigenvalue weighted by atomic mass is 9.81. The first-order chi connectivity index (χ1) is 13.0. The van der Waals surface area contributed by atoms with Gasteiger partial charge in [0.1, 0.15) is 0 Å². The molecule has 0 aliphatic heterocycles. The molecular formula is C22H36N4O. The molecule has 0 atom stereocenters. The van der Waals surface area contributed by atoms with Crippen LogP contribution < -0.4 is 10.6 Å². The molecule has 150 valence electrons. The van der Waals surface area contributed by atoms with Gasteiger partial charge >= 0.3 is 0 Å². The summed E-state index contributed by atoms with van der Waals surface area (Å²) in [6, 6.07) is 7.71. The van der Waals surface area contributed by atoms with Gasteiger partial charge in [0.25, 0.3) is 5.91 Å². The number of nitrogens with zero attached hydrogens (tertiary/aromatic N) is 2. The van der Waals surface area contributed by atoms with Crippen LogP contribution in [0.1, 0.15) is 61.9 Å². The van der Waals surface area contributed by atoms with Gasteiger partial charge in [-0.1, -0.05) is 38.3 Å². The molecule has 0 bridgehead atoms. The van der Waals surface area contributed by atoms with Crippen LogP contribution in [0.4, 0.5) is 0 Å². The van der Waals surface area contributed by atoms with Crippen LogP contribution in [0.15, 0.2) is 29.3 Å². The van der Waals surface area contributed by atoms with Crippen molar-refractivity contribution in [2.45, 2.75) is 52.5 Å². The van der Waals surface area contributed by atoms with Crippen molar-refractivity contribution in [1.82, 2.24) is 15.5 Å². The predicted molar refractivity (Wildman–Crippen MR) is 113 cm³/mol. The second-order valence-corrected chi connectivity index (χ2v) is 7.77. The van der Waals surface area contributed by atoms with E-state index in [9.17, 15) is 4.79 Å². The molecule has 1 aromatic carbocycles. The van der Waals surface area contributed by atoms with Crippen LogP contribution in [0.3, 0.4) is 0 Å². The van der Waals surface area contributed by atoms with E-state index in [1.54, 1.807) is 19.0 Å². The average Bonchev–Trinajstić information content (AvgIpc) is 2.70. The molecule has 1 aromatic rings. The Kier molecular flexibility index (Phi) is 8.62. The highest BCUT2D eigenvalue weighted by Crippen LogP contribution is 2.30. The Hall–Kier alpha value is -2.04. The normalized spacial score (nSPS) is 20.2. The maximum Gasteiger partial charge on any atom is 0.253 e. The minimum absolute atomic E-state index is 0.0258. The van der Waals surface area contributed by atoms with E-state index in [1.807, 2.05) is 24.3 Å². The fourth-order valence-corrected chi connectivity index (χ4v) is 3.61. The number of hydrogen-bond donors (Lipinski definition) is 2. The highest BCUT2D eigenvalue weighted by molar-refractivity contribution is 5.93. The highest BCUT2D eigenvalue weighted by atomic mass is 16.2. The molecule has 0 aromatic heterocycles. The first-order valence-corrected chi connectivity index (χ1v) is 10.4. The fraction of sp³-hybridized carbons (Fsp3) is 0.636. The van der Waals surface area contributed by atoms with Crippen molar-refractivity contribution in [3.8, 4) is 0 Å². The van der Waals surface area contributed by atoms with E-state index in [2.05, 4.69) is 24.5 Å². The molecule has 1 saturated carbocycles. The van der Waals surface area contributed by atoms with Gasteiger partial charge in [0.15, 0.2) is 5.96 Å². The van der Waals surface area contributed by atoms with Gasteiger partial charge in [-0.25, -0.2) is 4.99 Å². The third-order valence-electron chi connectivity index (χ3n) is 5.47. The Labute approximate surface area is 164 Å². The van der Waals surface area contributed by atoms with Crippen LogP contribution in [0.25, 0.3) is 0 Å². The molecule has 0 unspecified atom stereocenters. The van der Waals surface area contributed by atoms with Crippen molar-refractivity contribution in [2.75, 3.05) is 27.2 Å². The summed E-state index contributed by atoms with van der Waals surface area (Å²) in [7, 11) is 3.53. The SMILES string of the molecule is CCNC(=NCc1ccc(C(=O)N(C)C)cc1)NCC1CCC(CC)CC1. The summed E-state index contributed by atoms with van der Waals surface area (Å²) in [5.74, 6) is 2.60. The second-order valence-electron chi connectivity index (χ2n) is 7.77. The molecule has 1 fully saturated rings. The van der Waals surface area contributed by atoms with Crippen LogP contribution in [-0.2, 0) is 6.54 Å². The Morgan fingerprint density at radius 2 is 1.67 bits per heavy atom. The van der Waals surface area contributed by atoms with Crippen molar-refractivity contribution < 1.29 is 4.79 Å². The number of carbonyl (C=O) groups excluding carboxylic acids is 1. The molecule has 1 aliphatic carbocycles. The van der Waals surface area contributed by atoms with E-state index in [0.717, 1.165) is 36.4 Å². The van der Waals surface area contributed by atoms with E-state index < -0.39 is 0 Å². The van der Waals surface area contributed by atoms with E-state index in [-0.39, 0.29) is 5.91 Å². The fourth-order valence-electron chi connectivity index (χ4n) is 3.61. The molecule has 2 rings (SSSR count). The number of guanidine groups is 1. The standard InChI is InChI=1S/C22H36N4O/c1-5-17-7-9-18(10-8-17)15-24-22(23-6-2)25-16-19-11-13-20(14-12-19)21(27)26(3)4/h11-14,17-18H,5-10,15-16H2,1-4H3,(H2,23,24,25). The zero-order valence-corrected chi connectivity index (χ0v) is 17.4. The maximum absolute atomic E-state index is 12.0. The molecule has 0 radical (unpaired) electrons. The van der Waals surface area contributed by atoms with Crippen LogP contribution in [-0.4, -0.2) is 44.0 Å². The quantitative estimate of drug-likeness (QED) is 0.567. The van der Waals surface area contributed by atoms with Crippen molar-refractivity contribution >= 4 is 11.9 Å². The molecule has 5 heteroatoms. The monoisotopic (exact) mass is 372 g/mol. The van der Waals surface area contributed by atoms with Gasteiger partial charge in [0.05, 0.1) is 6.54 Å². The summed E-state index contributed by atoms with van der Waals surface area (Å²) in [6.45, 7) is 6.85. The topological polar surface area (TPSA) is 56.7 Å². The summed E-state index contributed by atoms with van der Waals surface area (Å²) in [5, 5.41) is 6.85. The molecular weight excluding hydrogens is 336 g/mol.